The lowest BCUT2D eigenvalue weighted by Gasteiger charge is -2.01. The third-order valence-electron chi connectivity index (χ3n) is 2.63. The summed E-state index contributed by atoms with van der Waals surface area (Å²) >= 11 is 1.20. The maximum absolute atomic E-state index is 12.2. The number of carbonyl (C=O) groups is 1. The zero-order chi connectivity index (χ0) is 13.1. The van der Waals surface area contributed by atoms with Crippen molar-refractivity contribution in [2.45, 2.75) is 0 Å². The summed E-state index contributed by atoms with van der Waals surface area (Å²) in [6, 6.07) is 18.8. The lowest BCUT2D eigenvalue weighted by atomic mass is 10.2. The number of nitrogens with zero attached hydrogens (tertiary/aromatic N) is 2. The van der Waals surface area contributed by atoms with Crippen molar-refractivity contribution < 1.29 is 4.79 Å². The molecule has 0 aliphatic carbocycles. The second kappa shape index (κ2) is 5.03. The predicted molar refractivity (Wildman–Crippen MR) is 74.1 cm³/mol. The molecular weight excluding hydrogens is 260 g/mol. The van der Waals surface area contributed by atoms with Crippen LogP contribution in [0.2, 0.25) is 0 Å². The summed E-state index contributed by atoms with van der Waals surface area (Å²) in [6.45, 7) is 0. The number of aromatic amines is 2. The van der Waals surface area contributed by atoms with Gasteiger partial charge in [0.05, 0.1) is 17.4 Å². The zero-order valence-electron chi connectivity index (χ0n) is 9.98. The first-order valence-electron chi connectivity index (χ1n) is 5.78. The van der Waals surface area contributed by atoms with Crippen LogP contribution in [-0.4, -0.2) is 24.5 Å². The molecule has 3 aromatic rings. The molecule has 0 aliphatic heterocycles. The van der Waals surface area contributed by atoms with E-state index in [1.165, 1.54) is 15.8 Å². The van der Waals surface area contributed by atoms with Crippen LogP contribution in [0.15, 0.2) is 60.7 Å². The van der Waals surface area contributed by atoms with Crippen molar-refractivity contribution >= 4 is 17.6 Å². The SMILES string of the molecule is O=C(c1ccccc1)n1[nH]n(-c2ccccc2)[nH]s1. The van der Waals surface area contributed by atoms with Gasteiger partial charge in [0.1, 0.15) is 0 Å². The minimum absolute atomic E-state index is 0.100. The highest BCUT2D eigenvalue weighted by molar-refractivity contribution is 7.00. The second-order valence-corrected chi connectivity index (χ2v) is 4.65. The van der Waals surface area contributed by atoms with Gasteiger partial charge in [0, 0.05) is 5.56 Å². The Bertz CT molecular complexity index is 697. The van der Waals surface area contributed by atoms with Crippen LogP contribution in [0.5, 0.6) is 0 Å². The fraction of sp³-hybridized carbons (Fsp3) is 0. The number of carbonyl (C=O) groups excluding carboxylic acids is 1. The largest absolute Gasteiger partial charge is 0.288 e. The van der Waals surface area contributed by atoms with Gasteiger partial charge in [-0.15, -0.1) is 4.07 Å². The lowest BCUT2D eigenvalue weighted by Crippen LogP contribution is -2.13. The van der Waals surface area contributed by atoms with E-state index < -0.39 is 0 Å². The van der Waals surface area contributed by atoms with Gasteiger partial charge < -0.3 is 0 Å². The summed E-state index contributed by atoms with van der Waals surface area (Å²) in [5.74, 6) is -0.100. The van der Waals surface area contributed by atoms with Crippen molar-refractivity contribution in [1.29, 1.82) is 0 Å². The number of para-hydroxylation sites is 1. The Morgan fingerprint density at radius 3 is 2.26 bits per heavy atom. The molecule has 0 amide bonds. The molecule has 19 heavy (non-hydrogen) atoms. The predicted octanol–water partition coefficient (Wildman–Crippen LogP) is 2.81. The molecule has 3 rings (SSSR count). The summed E-state index contributed by atoms with van der Waals surface area (Å²) in [5, 5.41) is 2.97. The van der Waals surface area contributed by atoms with Crippen LogP contribution in [0.4, 0.5) is 0 Å². The molecule has 1 aromatic heterocycles. The smallest absolute Gasteiger partial charge is 0.266 e. The Morgan fingerprint density at radius 2 is 1.58 bits per heavy atom. The number of H-pyrrole nitrogens is 2. The van der Waals surface area contributed by atoms with E-state index in [1.54, 1.807) is 16.9 Å². The maximum atomic E-state index is 12.2. The summed E-state index contributed by atoms with van der Waals surface area (Å²) in [6.07, 6.45) is 0. The van der Waals surface area contributed by atoms with E-state index in [4.69, 9.17) is 0 Å². The topological polar surface area (TPSA) is 58.5 Å². The molecule has 5 nitrogen and oxygen atoms in total. The van der Waals surface area contributed by atoms with Gasteiger partial charge in [-0.05, 0) is 24.3 Å². The molecule has 6 heteroatoms. The van der Waals surface area contributed by atoms with Gasteiger partial charge in [0.15, 0.2) is 0 Å². The minimum Gasteiger partial charge on any atom is -0.266 e. The van der Waals surface area contributed by atoms with E-state index in [1.807, 2.05) is 48.5 Å². The van der Waals surface area contributed by atoms with Crippen molar-refractivity contribution in [2.24, 2.45) is 0 Å². The molecule has 0 saturated heterocycles. The van der Waals surface area contributed by atoms with Crippen molar-refractivity contribution in [3.05, 3.63) is 66.2 Å². The van der Waals surface area contributed by atoms with Gasteiger partial charge in [0.2, 0.25) is 0 Å². The van der Waals surface area contributed by atoms with Crippen molar-refractivity contribution in [3.8, 4) is 5.69 Å². The Kier molecular flexibility index (Phi) is 3.07. The van der Waals surface area contributed by atoms with Crippen molar-refractivity contribution in [3.63, 3.8) is 0 Å². The molecule has 1 heterocycles. The summed E-state index contributed by atoms with van der Waals surface area (Å²) in [7, 11) is 0. The fourth-order valence-corrected chi connectivity index (χ4v) is 2.31. The van der Waals surface area contributed by atoms with E-state index in [0.717, 1.165) is 5.69 Å². The van der Waals surface area contributed by atoms with E-state index in [0.29, 0.717) is 5.56 Å². The molecular formula is C13H12N4OS. The molecule has 0 atom stereocenters. The van der Waals surface area contributed by atoms with Gasteiger partial charge in [-0.25, -0.2) is 9.70 Å². The van der Waals surface area contributed by atoms with Crippen molar-refractivity contribution in [1.82, 2.24) is 18.6 Å². The van der Waals surface area contributed by atoms with E-state index in [2.05, 4.69) is 9.70 Å². The minimum atomic E-state index is -0.100. The fourth-order valence-electron chi connectivity index (χ4n) is 1.69. The van der Waals surface area contributed by atoms with Crippen LogP contribution in [0, 0.1) is 0 Å². The van der Waals surface area contributed by atoms with Gasteiger partial charge >= 0.3 is 0 Å². The summed E-state index contributed by atoms with van der Waals surface area (Å²) in [5.41, 5.74) is 1.57. The monoisotopic (exact) mass is 272 g/mol. The van der Waals surface area contributed by atoms with Crippen LogP contribution >= 0.6 is 11.7 Å². The van der Waals surface area contributed by atoms with Gasteiger partial charge in [-0.3, -0.25) is 4.79 Å². The normalized spacial score (nSPS) is 10.3. The molecule has 0 radical (unpaired) electrons. The van der Waals surface area contributed by atoms with Crippen LogP contribution in [0.1, 0.15) is 10.4 Å². The van der Waals surface area contributed by atoms with Gasteiger partial charge in [0.25, 0.3) is 5.91 Å². The van der Waals surface area contributed by atoms with E-state index >= 15 is 0 Å². The molecule has 0 spiro atoms. The average molecular weight is 272 g/mol. The first-order chi connectivity index (χ1) is 9.34. The number of hydrogen-bond acceptors (Lipinski definition) is 2. The molecule has 0 fully saturated rings. The molecule has 2 N–H and O–H groups in total. The third-order valence-corrected chi connectivity index (χ3v) is 3.33. The van der Waals surface area contributed by atoms with Gasteiger partial charge in [-0.1, -0.05) is 36.4 Å². The first kappa shape index (κ1) is 11.6. The Balaban J connectivity index is 1.92. The second-order valence-electron chi connectivity index (χ2n) is 3.92. The highest BCUT2D eigenvalue weighted by Crippen LogP contribution is 2.07. The Morgan fingerprint density at radius 1 is 0.947 bits per heavy atom. The van der Waals surface area contributed by atoms with Crippen LogP contribution < -0.4 is 0 Å². The molecule has 0 saturated carbocycles. The third kappa shape index (κ3) is 2.38. The molecule has 96 valence electrons. The quantitative estimate of drug-likeness (QED) is 0.740. The summed E-state index contributed by atoms with van der Waals surface area (Å²) in [4.78, 5) is 13.9. The first-order valence-corrected chi connectivity index (χ1v) is 6.55. The number of benzene rings is 2. The Labute approximate surface area is 113 Å². The molecule has 0 unspecified atom stereocenters. The van der Waals surface area contributed by atoms with Crippen molar-refractivity contribution in [2.75, 3.05) is 0 Å². The molecule has 0 bridgehead atoms. The number of aromatic nitrogens is 4. The van der Waals surface area contributed by atoms with E-state index in [-0.39, 0.29) is 5.91 Å². The highest BCUT2D eigenvalue weighted by Gasteiger charge is 2.09. The number of nitrogens with one attached hydrogen (secondary N) is 2. The Hall–Kier alpha value is -2.47. The standard InChI is InChI=1S/C13H12N4OS/c18-13(11-7-3-1-4-8-11)17-14-16(15-19-17)12-9-5-2-6-10-12/h1-10,14-15H. The molecule has 2 aromatic carbocycles. The number of hydrogen-bond donors (Lipinski definition) is 2. The van der Waals surface area contributed by atoms with E-state index in [9.17, 15) is 4.79 Å². The van der Waals surface area contributed by atoms with Crippen LogP contribution in [-0.2, 0) is 0 Å². The average Bonchev–Trinajstić information content (AvgIpc) is 2.98. The highest BCUT2D eigenvalue weighted by atomic mass is 32.1. The zero-order valence-corrected chi connectivity index (χ0v) is 10.8. The maximum Gasteiger partial charge on any atom is 0.288 e. The summed E-state index contributed by atoms with van der Waals surface area (Å²) < 4.78 is 4.46. The van der Waals surface area contributed by atoms with Gasteiger partial charge in [-0.2, -0.15) is 4.80 Å². The molecule has 0 aliphatic rings. The van der Waals surface area contributed by atoms with Crippen LogP contribution in [0.25, 0.3) is 5.69 Å². The lowest BCUT2D eigenvalue weighted by molar-refractivity contribution is 0.0954. The number of rotatable bonds is 2. The van der Waals surface area contributed by atoms with Crippen LogP contribution in [0.3, 0.4) is 0 Å².